The molecule has 21 heavy (non-hydrogen) atoms. The molecule has 0 fully saturated rings. The molecule has 2 rings (SSSR count). The lowest BCUT2D eigenvalue weighted by Gasteiger charge is -2.10. The summed E-state index contributed by atoms with van der Waals surface area (Å²) in [6.07, 6.45) is 0. The SMILES string of the molecule is CCn1nc(C)c(Br)c1COc1c(Cl)cccc1[N+](=O)[O-]. The normalized spacial score (nSPS) is 10.7. The van der Waals surface area contributed by atoms with Crippen LogP contribution in [0.5, 0.6) is 5.75 Å². The number of aromatic nitrogens is 2. The Morgan fingerprint density at radius 3 is 2.86 bits per heavy atom. The maximum Gasteiger partial charge on any atom is 0.312 e. The van der Waals surface area contributed by atoms with E-state index in [-0.39, 0.29) is 23.1 Å². The fraction of sp³-hybridized carbons (Fsp3) is 0.308. The number of nitro groups is 1. The molecule has 0 radical (unpaired) electrons. The fourth-order valence-electron chi connectivity index (χ4n) is 1.93. The molecule has 0 aliphatic carbocycles. The van der Waals surface area contributed by atoms with E-state index < -0.39 is 4.92 Å². The van der Waals surface area contributed by atoms with Crippen molar-refractivity contribution in [2.45, 2.75) is 27.0 Å². The molecule has 0 aliphatic rings. The molecule has 8 heteroatoms. The van der Waals surface area contributed by atoms with Gasteiger partial charge < -0.3 is 4.74 Å². The third kappa shape index (κ3) is 3.19. The summed E-state index contributed by atoms with van der Waals surface area (Å²) < 4.78 is 8.20. The number of hydrogen-bond acceptors (Lipinski definition) is 4. The van der Waals surface area contributed by atoms with Crippen molar-refractivity contribution in [1.82, 2.24) is 9.78 Å². The minimum Gasteiger partial charge on any atom is -0.479 e. The predicted octanol–water partition coefficient (Wildman–Crippen LogP) is 4.11. The first-order valence-electron chi connectivity index (χ1n) is 6.23. The first-order chi connectivity index (χ1) is 9.95. The van der Waals surface area contributed by atoms with Gasteiger partial charge in [0, 0.05) is 12.6 Å². The van der Waals surface area contributed by atoms with Crippen molar-refractivity contribution in [2.24, 2.45) is 0 Å². The molecule has 0 atom stereocenters. The van der Waals surface area contributed by atoms with E-state index in [1.54, 1.807) is 10.7 Å². The number of benzene rings is 1. The number of nitrogens with zero attached hydrogens (tertiary/aromatic N) is 3. The molecule has 0 saturated carbocycles. The first-order valence-corrected chi connectivity index (χ1v) is 7.40. The number of aryl methyl sites for hydroxylation is 2. The van der Waals surface area contributed by atoms with Crippen LogP contribution in [0.25, 0.3) is 0 Å². The van der Waals surface area contributed by atoms with E-state index in [9.17, 15) is 10.1 Å². The molecule has 0 N–H and O–H groups in total. The van der Waals surface area contributed by atoms with Gasteiger partial charge in [0.05, 0.1) is 25.8 Å². The molecule has 112 valence electrons. The summed E-state index contributed by atoms with van der Waals surface area (Å²) in [7, 11) is 0. The van der Waals surface area contributed by atoms with Gasteiger partial charge in [-0.25, -0.2) is 0 Å². The highest BCUT2D eigenvalue weighted by Gasteiger charge is 2.20. The van der Waals surface area contributed by atoms with Gasteiger partial charge in [-0.15, -0.1) is 0 Å². The number of ether oxygens (including phenoxy) is 1. The standard InChI is InChI=1S/C13H13BrClN3O3/c1-3-17-11(12(14)8(2)16-17)7-21-13-9(15)5-4-6-10(13)18(19)20/h4-6H,3,7H2,1-2H3. The Hall–Kier alpha value is -1.60. The van der Waals surface area contributed by atoms with Gasteiger partial charge in [-0.3, -0.25) is 14.8 Å². The van der Waals surface area contributed by atoms with Crippen LogP contribution in [-0.2, 0) is 13.2 Å². The number of nitro benzene ring substituents is 1. The van der Waals surface area contributed by atoms with E-state index in [0.717, 1.165) is 15.9 Å². The van der Waals surface area contributed by atoms with Crippen LogP contribution in [-0.4, -0.2) is 14.7 Å². The molecule has 6 nitrogen and oxygen atoms in total. The largest absolute Gasteiger partial charge is 0.479 e. The average molecular weight is 375 g/mol. The monoisotopic (exact) mass is 373 g/mol. The predicted molar refractivity (Wildman–Crippen MR) is 82.8 cm³/mol. The number of rotatable bonds is 5. The lowest BCUT2D eigenvalue weighted by Crippen LogP contribution is -2.07. The van der Waals surface area contributed by atoms with Gasteiger partial charge in [0.2, 0.25) is 5.75 Å². The summed E-state index contributed by atoms with van der Waals surface area (Å²) >= 11 is 9.45. The molecular formula is C13H13BrClN3O3. The molecule has 0 saturated heterocycles. The van der Waals surface area contributed by atoms with Gasteiger partial charge in [0.25, 0.3) is 0 Å². The van der Waals surface area contributed by atoms with Gasteiger partial charge in [-0.1, -0.05) is 17.7 Å². The molecule has 0 amide bonds. The van der Waals surface area contributed by atoms with E-state index in [2.05, 4.69) is 21.0 Å². The molecule has 0 spiro atoms. The van der Waals surface area contributed by atoms with Gasteiger partial charge in [0.1, 0.15) is 6.61 Å². The van der Waals surface area contributed by atoms with E-state index in [4.69, 9.17) is 16.3 Å². The maximum absolute atomic E-state index is 11.0. The zero-order chi connectivity index (χ0) is 15.6. The highest BCUT2D eigenvalue weighted by Crippen LogP contribution is 2.35. The van der Waals surface area contributed by atoms with Crippen LogP contribution in [0.3, 0.4) is 0 Å². The number of hydrogen-bond donors (Lipinski definition) is 0. The van der Waals surface area contributed by atoms with Crippen molar-refractivity contribution >= 4 is 33.2 Å². The van der Waals surface area contributed by atoms with Crippen molar-refractivity contribution in [1.29, 1.82) is 0 Å². The van der Waals surface area contributed by atoms with Crippen LogP contribution in [0.1, 0.15) is 18.3 Å². The number of para-hydroxylation sites is 1. The zero-order valence-electron chi connectivity index (χ0n) is 11.5. The van der Waals surface area contributed by atoms with Crippen LogP contribution in [0.15, 0.2) is 22.7 Å². The lowest BCUT2D eigenvalue weighted by molar-refractivity contribution is -0.385. The van der Waals surface area contributed by atoms with Crippen molar-refractivity contribution < 1.29 is 9.66 Å². The highest BCUT2D eigenvalue weighted by molar-refractivity contribution is 9.10. The minimum atomic E-state index is -0.515. The summed E-state index contributed by atoms with van der Waals surface area (Å²) in [5.41, 5.74) is 1.49. The maximum atomic E-state index is 11.0. The van der Waals surface area contributed by atoms with E-state index >= 15 is 0 Å². The quantitative estimate of drug-likeness (QED) is 0.583. The lowest BCUT2D eigenvalue weighted by atomic mass is 10.3. The average Bonchev–Trinajstić information content (AvgIpc) is 2.72. The molecule has 0 aliphatic heterocycles. The topological polar surface area (TPSA) is 70.2 Å². The van der Waals surface area contributed by atoms with E-state index in [1.807, 2.05) is 13.8 Å². The Labute approximate surface area is 134 Å². The Balaban J connectivity index is 2.31. The smallest absolute Gasteiger partial charge is 0.312 e. The molecule has 0 bridgehead atoms. The van der Waals surface area contributed by atoms with E-state index in [0.29, 0.717) is 6.54 Å². The van der Waals surface area contributed by atoms with Crippen LogP contribution in [0.2, 0.25) is 5.02 Å². The fourth-order valence-corrected chi connectivity index (χ4v) is 2.55. The number of halogens is 2. The van der Waals surface area contributed by atoms with Crippen LogP contribution >= 0.6 is 27.5 Å². The van der Waals surface area contributed by atoms with Gasteiger partial charge >= 0.3 is 5.69 Å². The Bertz CT molecular complexity index is 688. The van der Waals surface area contributed by atoms with E-state index in [1.165, 1.54) is 12.1 Å². The second-order valence-electron chi connectivity index (χ2n) is 4.30. The Morgan fingerprint density at radius 2 is 2.24 bits per heavy atom. The molecular weight excluding hydrogens is 362 g/mol. The molecule has 1 aromatic heterocycles. The second-order valence-corrected chi connectivity index (χ2v) is 5.50. The second kappa shape index (κ2) is 6.44. The van der Waals surface area contributed by atoms with Crippen LogP contribution in [0, 0.1) is 17.0 Å². The molecule has 2 aromatic rings. The highest BCUT2D eigenvalue weighted by atomic mass is 79.9. The minimum absolute atomic E-state index is 0.0672. The molecule has 0 unspecified atom stereocenters. The first kappa shape index (κ1) is 15.8. The van der Waals surface area contributed by atoms with Crippen molar-refractivity contribution in [3.8, 4) is 5.75 Å². The Kier molecular flexibility index (Phi) is 4.84. The van der Waals surface area contributed by atoms with Gasteiger partial charge in [-0.05, 0) is 35.8 Å². The summed E-state index contributed by atoms with van der Waals surface area (Å²) in [6.45, 7) is 4.65. The van der Waals surface area contributed by atoms with Crippen molar-refractivity contribution in [2.75, 3.05) is 0 Å². The third-order valence-electron chi connectivity index (χ3n) is 2.95. The third-order valence-corrected chi connectivity index (χ3v) is 4.28. The van der Waals surface area contributed by atoms with Gasteiger partial charge in [0.15, 0.2) is 0 Å². The Morgan fingerprint density at radius 1 is 1.52 bits per heavy atom. The van der Waals surface area contributed by atoms with Crippen molar-refractivity contribution in [3.63, 3.8) is 0 Å². The summed E-state index contributed by atoms with van der Waals surface area (Å²) in [5, 5.41) is 15.6. The zero-order valence-corrected chi connectivity index (χ0v) is 13.8. The molecule has 1 heterocycles. The molecule has 1 aromatic carbocycles. The summed E-state index contributed by atoms with van der Waals surface area (Å²) in [4.78, 5) is 10.5. The van der Waals surface area contributed by atoms with Gasteiger partial charge in [-0.2, -0.15) is 5.10 Å². The summed E-state index contributed by atoms with van der Waals surface area (Å²) in [6, 6.07) is 4.43. The summed E-state index contributed by atoms with van der Waals surface area (Å²) in [5.74, 6) is 0.0672. The van der Waals surface area contributed by atoms with Crippen molar-refractivity contribution in [3.05, 3.63) is 49.2 Å². The van der Waals surface area contributed by atoms with Crippen LogP contribution < -0.4 is 4.74 Å². The van der Waals surface area contributed by atoms with Crippen LogP contribution in [0.4, 0.5) is 5.69 Å².